The first-order chi connectivity index (χ1) is 15.6. The smallest absolute Gasteiger partial charge is 0.253 e. The van der Waals surface area contributed by atoms with E-state index in [1.54, 1.807) is 7.11 Å². The van der Waals surface area contributed by atoms with Crippen LogP contribution < -0.4 is 15.6 Å². The van der Waals surface area contributed by atoms with Crippen LogP contribution in [0.4, 0.5) is 0 Å². The number of fused-ring (bicyclic) bond motifs is 1. The molecule has 0 spiro atoms. The van der Waals surface area contributed by atoms with Crippen molar-refractivity contribution >= 4 is 11.5 Å². The zero-order valence-corrected chi connectivity index (χ0v) is 18.6. The number of imidazole rings is 1. The number of methoxy groups -OCH3 is 1. The van der Waals surface area contributed by atoms with Crippen molar-refractivity contribution < 1.29 is 9.53 Å². The number of nitrogens with zero attached hydrogens (tertiary/aromatic N) is 3. The quantitative estimate of drug-likeness (QED) is 0.694. The lowest BCUT2D eigenvalue weighted by Gasteiger charge is -2.26. The lowest BCUT2D eigenvalue weighted by atomic mass is 9.92. The number of likely N-dealkylation sites (tertiary alicyclic amines) is 1. The minimum atomic E-state index is 0.119. The summed E-state index contributed by atoms with van der Waals surface area (Å²) in [4.78, 5) is 27.7. The first-order valence-corrected chi connectivity index (χ1v) is 11.3. The average molecular weight is 429 g/mol. The van der Waals surface area contributed by atoms with Crippen LogP contribution in [0.3, 0.4) is 0 Å². The van der Waals surface area contributed by atoms with E-state index in [4.69, 9.17) is 14.7 Å². The van der Waals surface area contributed by atoms with Crippen molar-refractivity contribution in [2.24, 2.45) is 10.9 Å². The van der Waals surface area contributed by atoms with Gasteiger partial charge in [0.2, 0.25) is 0 Å². The van der Waals surface area contributed by atoms with E-state index in [-0.39, 0.29) is 11.8 Å². The van der Waals surface area contributed by atoms with E-state index in [1.165, 1.54) is 12.0 Å². The Balaban J connectivity index is 1.48. The molecule has 1 fully saturated rings. The first kappa shape index (κ1) is 20.5. The molecule has 3 heterocycles. The van der Waals surface area contributed by atoms with Crippen LogP contribution in [0.25, 0.3) is 17.0 Å². The number of amides is 1. The molecule has 0 saturated carbocycles. The maximum atomic E-state index is 12.8. The summed E-state index contributed by atoms with van der Waals surface area (Å²) in [5.74, 6) is 2.01. The second-order valence-corrected chi connectivity index (χ2v) is 8.60. The Labute approximate surface area is 187 Å². The number of rotatable bonds is 4. The van der Waals surface area contributed by atoms with Gasteiger partial charge >= 0.3 is 0 Å². The Morgan fingerprint density at radius 3 is 2.38 bits per heavy atom. The maximum Gasteiger partial charge on any atom is 0.253 e. The highest BCUT2D eigenvalue weighted by Crippen LogP contribution is 2.24. The Hall–Kier alpha value is -3.41. The summed E-state index contributed by atoms with van der Waals surface area (Å²) in [5, 5.41) is 0.900. The highest BCUT2D eigenvalue weighted by Gasteiger charge is 2.21. The normalized spacial score (nSPS) is 18.1. The third-order valence-corrected chi connectivity index (χ3v) is 6.41. The lowest BCUT2D eigenvalue weighted by molar-refractivity contribution is 0.0724. The van der Waals surface area contributed by atoms with Crippen molar-refractivity contribution in [3.8, 4) is 17.1 Å². The predicted molar refractivity (Wildman–Crippen MR) is 124 cm³/mol. The van der Waals surface area contributed by atoms with Crippen molar-refractivity contribution in [2.45, 2.75) is 26.2 Å². The van der Waals surface area contributed by atoms with Crippen LogP contribution >= 0.6 is 0 Å². The fourth-order valence-electron chi connectivity index (χ4n) is 4.60. The molecule has 6 heteroatoms. The van der Waals surface area contributed by atoms with Crippen LogP contribution in [0.15, 0.2) is 53.5 Å². The number of benzene rings is 2. The molecule has 0 aliphatic carbocycles. The van der Waals surface area contributed by atoms with Crippen molar-refractivity contribution in [3.63, 3.8) is 0 Å². The molecular formula is C26H28N4O2. The van der Waals surface area contributed by atoms with Crippen LogP contribution in [-0.2, 0) is 0 Å². The summed E-state index contributed by atoms with van der Waals surface area (Å²) in [5.41, 5.74) is 4.83. The molecule has 1 aromatic heterocycles. The van der Waals surface area contributed by atoms with Gasteiger partial charge in [-0.1, -0.05) is 31.2 Å². The minimum Gasteiger partial charge on any atom is -0.497 e. The molecular weight excluding hydrogens is 400 g/mol. The Kier molecular flexibility index (Phi) is 5.52. The largest absolute Gasteiger partial charge is 0.497 e. The number of carbonyl (C=O) groups is 1. The van der Waals surface area contributed by atoms with E-state index in [0.717, 1.165) is 71.6 Å². The van der Waals surface area contributed by atoms with Gasteiger partial charge in [0.05, 0.1) is 7.11 Å². The molecule has 1 atom stereocenters. The number of carbonyl (C=O) groups excluding carboxylic acids is 1. The highest BCUT2D eigenvalue weighted by atomic mass is 16.5. The number of aromatic amines is 1. The highest BCUT2D eigenvalue weighted by molar-refractivity contribution is 5.94. The van der Waals surface area contributed by atoms with Gasteiger partial charge in [-0.05, 0) is 54.7 Å². The Bertz CT molecular complexity index is 1240. The molecule has 164 valence electrons. The molecule has 2 aliphatic heterocycles. The van der Waals surface area contributed by atoms with Gasteiger partial charge in [0, 0.05) is 36.7 Å². The second-order valence-electron chi connectivity index (χ2n) is 8.60. The molecule has 2 aromatic carbocycles. The summed E-state index contributed by atoms with van der Waals surface area (Å²) < 4.78 is 5.30. The molecule has 6 nitrogen and oxygen atoms in total. The minimum absolute atomic E-state index is 0.119. The monoisotopic (exact) mass is 428 g/mol. The van der Waals surface area contributed by atoms with E-state index in [1.807, 2.05) is 41.3 Å². The van der Waals surface area contributed by atoms with Crippen LogP contribution in [0.1, 0.15) is 42.1 Å². The molecule has 3 aromatic rings. The van der Waals surface area contributed by atoms with Gasteiger partial charge in [0.25, 0.3) is 5.91 Å². The average Bonchev–Trinajstić information content (AvgIpc) is 3.28. The fraction of sp³-hybridized carbons (Fsp3) is 0.346. The van der Waals surface area contributed by atoms with Gasteiger partial charge in [-0.15, -0.1) is 0 Å². The van der Waals surface area contributed by atoms with Gasteiger partial charge in [0.1, 0.15) is 16.9 Å². The summed E-state index contributed by atoms with van der Waals surface area (Å²) in [6, 6.07) is 15.9. The molecule has 5 rings (SSSR count). The molecule has 0 radical (unpaired) electrons. The first-order valence-electron chi connectivity index (χ1n) is 11.3. The Morgan fingerprint density at radius 2 is 1.69 bits per heavy atom. The van der Waals surface area contributed by atoms with Gasteiger partial charge in [0.15, 0.2) is 5.49 Å². The van der Waals surface area contributed by atoms with E-state index in [9.17, 15) is 4.79 Å². The molecule has 1 unspecified atom stereocenters. The number of piperidine rings is 1. The van der Waals surface area contributed by atoms with Crippen molar-refractivity contribution in [3.05, 3.63) is 70.5 Å². The van der Waals surface area contributed by atoms with Gasteiger partial charge in [-0.2, -0.15) is 0 Å². The van der Waals surface area contributed by atoms with Crippen LogP contribution in [-0.4, -0.2) is 47.5 Å². The fourth-order valence-corrected chi connectivity index (χ4v) is 4.60. The van der Waals surface area contributed by atoms with E-state index >= 15 is 0 Å². The standard InChI is InChI=1S/C26H28N4O2/c1-17-16-27-25-23(22(17)18-10-12-21(32-2)13-11-18)28-24(29-25)19-6-8-20(9-7-19)26(31)30-14-4-3-5-15-30/h6-13,17H,3-5,14-16H2,1-2H3,(H,27,28,29). The van der Waals surface area contributed by atoms with Crippen LogP contribution in [0.5, 0.6) is 5.75 Å². The summed E-state index contributed by atoms with van der Waals surface area (Å²) in [6.45, 7) is 4.62. The number of hydrogen-bond acceptors (Lipinski definition) is 4. The zero-order chi connectivity index (χ0) is 22.1. The number of ether oxygens (including phenoxy) is 1. The summed E-state index contributed by atoms with van der Waals surface area (Å²) >= 11 is 0. The SMILES string of the molecule is COc1ccc(C2=c3nc(-c4ccc(C(=O)N5CCCCC5)cc4)[nH]c3=NCC2C)cc1. The van der Waals surface area contributed by atoms with Crippen LogP contribution in [0, 0.1) is 5.92 Å². The third-order valence-electron chi connectivity index (χ3n) is 6.41. The van der Waals surface area contributed by atoms with Gasteiger partial charge in [-0.25, -0.2) is 4.98 Å². The van der Waals surface area contributed by atoms with Gasteiger partial charge < -0.3 is 14.6 Å². The van der Waals surface area contributed by atoms with Crippen molar-refractivity contribution in [2.75, 3.05) is 26.7 Å². The molecule has 32 heavy (non-hydrogen) atoms. The second kappa shape index (κ2) is 8.61. The van der Waals surface area contributed by atoms with E-state index in [2.05, 4.69) is 24.0 Å². The van der Waals surface area contributed by atoms with E-state index in [0.29, 0.717) is 0 Å². The number of H-pyrrole nitrogens is 1. The van der Waals surface area contributed by atoms with E-state index < -0.39 is 0 Å². The maximum absolute atomic E-state index is 12.8. The summed E-state index contributed by atoms with van der Waals surface area (Å²) in [7, 11) is 1.67. The Morgan fingerprint density at radius 1 is 1.00 bits per heavy atom. The third kappa shape index (κ3) is 3.81. The zero-order valence-electron chi connectivity index (χ0n) is 18.6. The molecule has 1 N–H and O–H groups in total. The van der Waals surface area contributed by atoms with Crippen molar-refractivity contribution in [1.29, 1.82) is 0 Å². The van der Waals surface area contributed by atoms with Gasteiger partial charge in [-0.3, -0.25) is 9.79 Å². The topological polar surface area (TPSA) is 70.6 Å². The number of nitrogens with one attached hydrogen (secondary N) is 1. The molecule has 1 saturated heterocycles. The molecule has 2 aliphatic rings. The number of aromatic nitrogens is 2. The predicted octanol–water partition coefficient (Wildman–Crippen LogP) is 3.18. The summed E-state index contributed by atoms with van der Waals surface area (Å²) in [6.07, 6.45) is 3.40. The lowest BCUT2D eigenvalue weighted by Crippen LogP contribution is -2.35. The molecule has 1 amide bonds. The van der Waals surface area contributed by atoms with Crippen LogP contribution in [0.2, 0.25) is 0 Å². The molecule has 0 bridgehead atoms. The number of hydrogen-bond donors (Lipinski definition) is 1. The van der Waals surface area contributed by atoms with Crippen molar-refractivity contribution in [1.82, 2.24) is 14.9 Å².